The van der Waals surface area contributed by atoms with Gasteiger partial charge in [0.15, 0.2) is 0 Å². The lowest BCUT2D eigenvalue weighted by atomic mass is 9.83. The number of hydrogen-bond donors (Lipinski definition) is 1. The number of nitrogens with zero attached hydrogens (tertiary/aromatic N) is 1. The minimum Gasteiger partial charge on any atom is -0.346 e. The summed E-state index contributed by atoms with van der Waals surface area (Å²) >= 11 is 0. The molecule has 1 aromatic carbocycles. The molecule has 1 aromatic heterocycles. The molecular weight excluding hydrogens is 256 g/mol. The van der Waals surface area contributed by atoms with Crippen LogP contribution in [-0.4, -0.2) is 11.1 Å². The molecule has 0 spiro atoms. The molecule has 1 fully saturated rings. The van der Waals surface area contributed by atoms with Crippen LogP contribution in [0.25, 0.3) is 10.9 Å². The Labute approximate surface area is 128 Å². The van der Waals surface area contributed by atoms with Gasteiger partial charge in [0.05, 0.1) is 0 Å². The molecule has 1 aliphatic rings. The number of aryl methyl sites for hydroxylation is 2. The second-order valence-electron chi connectivity index (χ2n) is 6.81. The van der Waals surface area contributed by atoms with E-state index < -0.39 is 0 Å². The summed E-state index contributed by atoms with van der Waals surface area (Å²) < 4.78 is 2.35. The Bertz CT molecular complexity index is 579. The van der Waals surface area contributed by atoms with E-state index >= 15 is 0 Å². The van der Waals surface area contributed by atoms with Crippen LogP contribution < -0.4 is 5.32 Å². The Balaban J connectivity index is 1.74. The van der Waals surface area contributed by atoms with Crippen LogP contribution in [0.5, 0.6) is 0 Å². The van der Waals surface area contributed by atoms with E-state index in [0.717, 1.165) is 6.54 Å². The van der Waals surface area contributed by atoms with E-state index in [1.165, 1.54) is 60.8 Å². The first-order valence-electron chi connectivity index (χ1n) is 8.40. The molecule has 2 nitrogen and oxygen atoms in total. The number of aromatic nitrogens is 1. The van der Waals surface area contributed by atoms with Crippen molar-refractivity contribution < 1.29 is 0 Å². The van der Waals surface area contributed by atoms with Gasteiger partial charge in [-0.2, -0.15) is 0 Å². The van der Waals surface area contributed by atoms with Gasteiger partial charge in [0.2, 0.25) is 0 Å². The molecule has 2 aromatic rings. The first kappa shape index (κ1) is 14.6. The van der Waals surface area contributed by atoms with E-state index in [1.54, 1.807) is 0 Å². The quantitative estimate of drug-likeness (QED) is 0.852. The Hall–Kier alpha value is -1.28. The van der Waals surface area contributed by atoms with Gasteiger partial charge < -0.3 is 9.88 Å². The number of rotatable bonds is 5. The summed E-state index contributed by atoms with van der Waals surface area (Å²) in [4.78, 5) is 0. The normalized spacial score (nSPS) is 17.7. The number of para-hydroxylation sites is 1. The van der Waals surface area contributed by atoms with Gasteiger partial charge in [-0.25, -0.2) is 0 Å². The van der Waals surface area contributed by atoms with Gasteiger partial charge >= 0.3 is 0 Å². The van der Waals surface area contributed by atoms with Gasteiger partial charge in [0, 0.05) is 36.7 Å². The topological polar surface area (TPSA) is 17.0 Å². The van der Waals surface area contributed by atoms with E-state index in [2.05, 4.69) is 55.0 Å². The van der Waals surface area contributed by atoms with Crippen molar-refractivity contribution in [2.24, 2.45) is 12.5 Å². The van der Waals surface area contributed by atoms with Gasteiger partial charge in [-0.15, -0.1) is 0 Å². The molecule has 0 aliphatic heterocycles. The third-order valence-corrected chi connectivity index (χ3v) is 5.71. The maximum atomic E-state index is 3.76. The van der Waals surface area contributed by atoms with E-state index in [1.807, 2.05) is 0 Å². The molecule has 0 unspecified atom stereocenters. The van der Waals surface area contributed by atoms with Crippen LogP contribution >= 0.6 is 0 Å². The molecule has 1 aliphatic carbocycles. The zero-order valence-corrected chi connectivity index (χ0v) is 13.7. The minimum atomic E-state index is 0.568. The highest BCUT2D eigenvalue weighted by atomic mass is 15.0. The molecule has 0 bridgehead atoms. The van der Waals surface area contributed by atoms with Gasteiger partial charge in [0.1, 0.15) is 0 Å². The smallest absolute Gasteiger partial charge is 0.0483 e. The summed E-state index contributed by atoms with van der Waals surface area (Å²) in [5.74, 6) is 0. The van der Waals surface area contributed by atoms with E-state index in [9.17, 15) is 0 Å². The number of nitrogens with one attached hydrogen (secondary N) is 1. The monoisotopic (exact) mass is 284 g/mol. The summed E-state index contributed by atoms with van der Waals surface area (Å²) in [6.07, 6.45) is 6.97. The number of hydrogen-bond acceptors (Lipinski definition) is 1. The highest BCUT2D eigenvalue weighted by molar-refractivity contribution is 5.85. The predicted octanol–water partition coefficient (Wildman–Crippen LogP) is 4.55. The van der Waals surface area contributed by atoms with Gasteiger partial charge in [0.25, 0.3) is 0 Å². The van der Waals surface area contributed by atoms with Crippen molar-refractivity contribution in [2.45, 2.75) is 52.5 Å². The molecule has 0 atom stereocenters. The van der Waals surface area contributed by atoms with Crippen molar-refractivity contribution in [2.75, 3.05) is 6.54 Å². The van der Waals surface area contributed by atoms with Crippen molar-refractivity contribution in [3.8, 4) is 0 Å². The fourth-order valence-electron chi connectivity index (χ4n) is 4.11. The zero-order chi connectivity index (χ0) is 14.9. The molecule has 0 radical (unpaired) electrons. The molecular formula is C19H28N2. The Morgan fingerprint density at radius 3 is 2.57 bits per heavy atom. The maximum Gasteiger partial charge on any atom is 0.0483 e. The van der Waals surface area contributed by atoms with Crippen LogP contribution in [0.1, 0.15) is 50.3 Å². The average Bonchev–Trinajstić information content (AvgIpc) is 3.08. The van der Waals surface area contributed by atoms with Crippen LogP contribution in [0.4, 0.5) is 0 Å². The predicted molar refractivity (Wildman–Crippen MR) is 90.6 cm³/mol. The summed E-state index contributed by atoms with van der Waals surface area (Å²) in [6.45, 7) is 6.77. The van der Waals surface area contributed by atoms with Crippen LogP contribution in [0.2, 0.25) is 0 Å². The van der Waals surface area contributed by atoms with Crippen molar-refractivity contribution in [3.05, 3.63) is 35.5 Å². The molecule has 1 saturated carbocycles. The third-order valence-electron chi connectivity index (χ3n) is 5.71. The van der Waals surface area contributed by atoms with Gasteiger partial charge in [-0.3, -0.25) is 0 Å². The first-order valence-corrected chi connectivity index (χ1v) is 8.40. The zero-order valence-electron chi connectivity index (χ0n) is 13.7. The second-order valence-corrected chi connectivity index (χ2v) is 6.81. The van der Waals surface area contributed by atoms with Crippen molar-refractivity contribution in [1.82, 2.24) is 9.88 Å². The average molecular weight is 284 g/mol. The summed E-state index contributed by atoms with van der Waals surface area (Å²) in [5, 5.41) is 5.15. The fraction of sp³-hybridized carbons (Fsp3) is 0.579. The molecule has 114 valence electrons. The van der Waals surface area contributed by atoms with Crippen LogP contribution in [0.3, 0.4) is 0 Å². The lowest BCUT2D eigenvalue weighted by Crippen LogP contribution is -2.31. The standard InChI is InChI=1S/C19H28N2/c1-4-19(11-7-8-12-19)14-20-13-18-15(2)16-9-5-6-10-17(16)21(18)3/h5-6,9-10,20H,4,7-8,11-14H2,1-3H3. The third kappa shape index (κ3) is 2.62. The molecule has 2 heteroatoms. The van der Waals surface area contributed by atoms with Crippen molar-refractivity contribution in [3.63, 3.8) is 0 Å². The second kappa shape index (κ2) is 5.84. The largest absolute Gasteiger partial charge is 0.346 e. The highest BCUT2D eigenvalue weighted by Gasteiger charge is 2.31. The number of fused-ring (bicyclic) bond motifs is 1. The first-order chi connectivity index (χ1) is 10.2. The fourth-order valence-corrected chi connectivity index (χ4v) is 4.11. The van der Waals surface area contributed by atoms with Crippen molar-refractivity contribution >= 4 is 10.9 Å². The summed E-state index contributed by atoms with van der Waals surface area (Å²) in [5.41, 5.74) is 4.77. The van der Waals surface area contributed by atoms with Gasteiger partial charge in [-0.05, 0) is 43.2 Å². The van der Waals surface area contributed by atoms with Crippen LogP contribution in [0, 0.1) is 12.3 Å². The lowest BCUT2D eigenvalue weighted by molar-refractivity contribution is 0.267. The van der Waals surface area contributed by atoms with E-state index in [0.29, 0.717) is 5.41 Å². The van der Waals surface area contributed by atoms with Crippen LogP contribution in [0.15, 0.2) is 24.3 Å². The molecule has 0 saturated heterocycles. The Morgan fingerprint density at radius 2 is 1.90 bits per heavy atom. The van der Waals surface area contributed by atoms with E-state index in [4.69, 9.17) is 0 Å². The number of benzene rings is 1. The van der Waals surface area contributed by atoms with Gasteiger partial charge in [-0.1, -0.05) is 38.0 Å². The molecule has 1 N–H and O–H groups in total. The van der Waals surface area contributed by atoms with E-state index in [-0.39, 0.29) is 0 Å². The summed E-state index contributed by atoms with van der Waals surface area (Å²) in [6, 6.07) is 8.72. The maximum absolute atomic E-state index is 3.76. The Morgan fingerprint density at radius 1 is 1.19 bits per heavy atom. The highest BCUT2D eigenvalue weighted by Crippen LogP contribution is 2.40. The molecule has 21 heavy (non-hydrogen) atoms. The SMILES string of the molecule is CCC1(CNCc2c(C)c3ccccc3n2C)CCCC1. The lowest BCUT2D eigenvalue weighted by Gasteiger charge is -2.28. The van der Waals surface area contributed by atoms with Crippen LogP contribution in [-0.2, 0) is 13.6 Å². The molecule has 3 rings (SSSR count). The molecule has 1 heterocycles. The van der Waals surface area contributed by atoms with Crippen molar-refractivity contribution in [1.29, 1.82) is 0 Å². The molecule has 0 amide bonds. The summed E-state index contributed by atoms with van der Waals surface area (Å²) in [7, 11) is 2.19. The Kier molecular flexibility index (Phi) is 4.08. The minimum absolute atomic E-state index is 0.568.